The monoisotopic (exact) mass is 142 g/mol. The summed E-state index contributed by atoms with van der Waals surface area (Å²) in [6, 6.07) is 1.43. The normalized spacial score (nSPS) is 9.44. The van der Waals surface area contributed by atoms with Crippen LogP contribution in [0.15, 0.2) is 23.4 Å². The average molecular weight is 142 g/mol. The van der Waals surface area contributed by atoms with Crippen molar-refractivity contribution in [1.29, 1.82) is 0 Å². The summed E-state index contributed by atoms with van der Waals surface area (Å²) in [5, 5.41) is 0. The first kappa shape index (κ1) is 6.35. The van der Waals surface area contributed by atoms with Crippen LogP contribution in [-0.4, -0.2) is 15.2 Å². The van der Waals surface area contributed by atoms with Gasteiger partial charge >= 0.3 is 0 Å². The Morgan fingerprint density at radius 1 is 1.78 bits per heavy atom. The molecule has 0 saturated heterocycles. The highest BCUT2D eigenvalue weighted by Crippen LogP contribution is 1.93. The van der Waals surface area contributed by atoms with Crippen LogP contribution in [0.5, 0.6) is 0 Å². The van der Waals surface area contributed by atoms with E-state index in [9.17, 15) is 4.79 Å². The molecule has 1 rings (SSSR count). The fourth-order valence-corrected chi connectivity index (χ4v) is 0.765. The van der Waals surface area contributed by atoms with Gasteiger partial charge in [0.1, 0.15) is 6.33 Å². The number of hydrogen-bond donors (Lipinski definition) is 0. The molecule has 0 atom stereocenters. The van der Waals surface area contributed by atoms with Gasteiger partial charge in [0, 0.05) is 18.5 Å². The van der Waals surface area contributed by atoms with Gasteiger partial charge in [0.2, 0.25) is 0 Å². The van der Waals surface area contributed by atoms with E-state index < -0.39 is 0 Å². The third kappa shape index (κ3) is 1.57. The SMILES string of the molecule is CSn1ccc(=O)nc1. The predicted molar refractivity (Wildman–Crippen MR) is 37.4 cm³/mol. The molecular formula is C5H6N2OS. The first-order valence-corrected chi connectivity index (χ1v) is 3.60. The van der Waals surface area contributed by atoms with Gasteiger partial charge in [-0.2, -0.15) is 4.98 Å². The molecule has 0 radical (unpaired) electrons. The lowest BCUT2D eigenvalue weighted by molar-refractivity contribution is 1.07. The maximum atomic E-state index is 10.4. The van der Waals surface area contributed by atoms with Gasteiger partial charge in [0.15, 0.2) is 0 Å². The lowest BCUT2D eigenvalue weighted by atomic mass is 10.7. The molecule has 0 unspecified atom stereocenters. The Morgan fingerprint density at radius 2 is 2.56 bits per heavy atom. The van der Waals surface area contributed by atoms with Crippen molar-refractivity contribution in [3.63, 3.8) is 0 Å². The van der Waals surface area contributed by atoms with Crippen LogP contribution >= 0.6 is 11.9 Å². The second-order valence-electron chi connectivity index (χ2n) is 1.44. The van der Waals surface area contributed by atoms with Gasteiger partial charge in [-0.05, 0) is 11.9 Å². The van der Waals surface area contributed by atoms with E-state index in [2.05, 4.69) is 4.98 Å². The fraction of sp³-hybridized carbons (Fsp3) is 0.200. The molecule has 9 heavy (non-hydrogen) atoms. The van der Waals surface area contributed by atoms with E-state index >= 15 is 0 Å². The minimum absolute atomic E-state index is 0.194. The molecule has 0 bridgehead atoms. The Balaban J connectivity index is 3.02. The topological polar surface area (TPSA) is 34.9 Å². The average Bonchev–Trinajstić information content (AvgIpc) is 1.90. The lowest BCUT2D eigenvalue weighted by Crippen LogP contribution is -2.04. The molecule has 0 aliphatic heterocycles. The Hall–Kier alpha value is -0.770. The maximum absolute atomic E-state index is 10.4. The largest absolute Gasteiger partial charge is 0.282 e. The summed E-state index contributed by atoms with van der Waals surface area (Å²) in [5.41, 5.74) is -0.194. The summed E-state index contributed by atoms with van der Waals surface area (Å²) in [7, 11) is 0. The van der Waals surface area contributed by atoms with Gasteiger partial charge in [0.05, 0.1) is 0 Å². The molecule has 0 aliphatic rings. The summed E-state index contributed by atoms with van der Waals surface area (Å²) in [5.74, 6) is 0. The molecule has 0 aromatic carbocycles. The molecule has 1 aromatic heterocycles. The minimum atomic E-state index is -0.194. The fourth-order valence-electron chi connectivity index (χ4n) is 0.441. The highest BCUT2D eigenvalue weighted by atomic mass is 32.2. The van der Waals surface area contributed by atoms with Crippen molar-refractivity contribution in [1.82, 2.24) is 8.96 Å². The van der Waals surface area contributed by atoms with E-state index in [-0.39, 0.29) is 5.56 Å². The Bertz CT molecular complexity index is 224. The zero-order chi connectivity index (χ0) is 6.69. The van der Waals surface area contributed by atoms with Gasteiger partial charge in [-0.25, -0.2) is 0 Å². The number of nitrogens with zero attached hydrogens (tertiary/aromatic N) is 2. The van der Waals surface area contributed by atoms with Crippen molar-refractivity contribution in [2.45, 2.75) is 0 Å². The smallest absolute Gasteiger partial charge is 0.272 e. The van der Waals surface area contributed by atoms with E-state index in [0.29, 0.717) is 0 Å². The van der Waals surface area contributed by atoms with E-state index in [1.165, 1.54) is 24.3 Å². The Morgan fingerprint density at radius 3 is 3.00 bits per heavy atom. The van der Waals surface area contributed by atoms with Crippen molar-refractivity contribution in [3.8, 4) is 0 Å². The molecule has 0 N–H and O–H groups in total. The number of rotatable bonds is 1. The maximum Gasteiger partial charge on any atom is 0.272 e. The summed E-state index contributed by atoms with van der Waals surface area (Å²) < 4.78 is 1.75. The second kappa shape index (κ2) is 2.68. The van der Waals surface area contributed by atoms with Gasteiger partial charge in [0.25, 0.3) is 5.56 Å². The summed E-state index contributed by atoms with van der Waals surface area (Å²) in [6.45, 7) is 0. The molecule has 3 nitrogen and oxygen atoms in total. The minimum Gasteiger partial charge on any atom is -0.282 e. The van der Waals surface area contributed by atoms with Crippen LogP contribution < -0.4 is 5.56 Å². The summed E-state index contributed by atoms with van der Waals surface area (Å²) in [6.07, 6.45) is 5.08. The van der Waals surface area contributed by atoms with Crippen LogP contribution in [0.4, 0.5) is 0 Å². The van der Waals surface area contributed by atoms with Gasteiger partial charge < -0.3 is 0 Å². The molecule has 0 spiro atoms. The standard InChI is InChI=1S/C5H6N2OS/c1-9-7-3-2-5(8)6-4-7/h2-4H,1H3. The molecule has 1 heterocycles. The zero-order valence-corrected chi connectivity index (χ0v) is 5.76. The highest BCUT2D eigenvalue weighted by Gasteiger charge is 1.82. The van der Waals surface area contributed by atoms with Crippen LogP contribution in [-0.2, 0) is 0 Å². The quantitative estimate of drug-likeness (QED) is 0.568. The van der Waals surface area contributed by atoms with Gasteiger partial charge in [-0.15, -0.1) is 0 Å². The van der Waals surface area contributed by atoms with Crippen LogP contribution in [0.3, 0.4) is 0 Å². The van der Waals surface area contributed by atoms with E-state index in [1.807, 2.05) is 6.26 Å². The molecule has 4 heteroatoms. The van der Waals surface area contributed by atoms with Crippen LogP contribution in [0.2, 0.25) is 0 Å². The molecule has 1 aromatic rings. The van der Waals surface area contributed by atoms with Crippen molar-refractivity contribution >= 4 is 11.9 Å². The number of aromatic nitrogens is 2. The van der Waals surface area contributed by atoms with Crippen LogP contribution in [0.1, 0.15) is 0 Å². The molecule has 0 saturated carbocycles. The van der Waals surface area contributed by atoms with Crippen LogP contribution in [0, 0.1) is 0 Å². The molecule has 0 amide bonds. The Kier molecular flexibility index (Phi) is 1.89. The molecule has 48 valence electrons. The number of hydrogen-bond acceptors (Lipinski definition) is 3. The van der Waals surface area contributed by atoms with Crippen molar-refractivity contribution in [2.75, 3.05) is 6.26 Å². The third-order valence-electron chi connectivity index (χ3n) is 0.874. The summed E-state index contributed by atoms with van der Waals surface area (Å²) >= 11 is 1.49. The zero-order valence-electron chi connectivity index (χ0n) is 4.94. The van der Waals surface area contributed by atoms with E-state index in [1.54, 1.807) is 10.2 Å². The van der Waals surface area contributed by atoms with Crippen molar-refractivity contribution in [2.24, 2.45) is 0 Å². The van der Waals surface area contributed by atoms with Crippen molar-refractivity contribution < 1.29 is 0 Å². The first-order valence-electron chi connectivity index (χ1n) is 2.42. The lowest BCUT2D eigenvalue weighted by Gasteiger charge is -1.94. The molecule has 0 aliphatic carbocycles. The second-order valence-corrected chi connectivity index (χ2v) is 2.23. The van der Waals surface area contributed by atoms with Gasteiger partial charge in [-0.3, -0.25) is 8.77 Å². The summed E-state index contributed by atoms with van der Waals surface area (Å²) in [4.78, 5) is 13.9. The molecular weight excluding hydrogens is 136 g/mol. The highest BCUT2D eigenvalue weighted by molar-refractivity contribution is 7.97. The predicted octanol–water partition coefficient (Wildman–Crippen LogP) is 0.369. The first-order chi connectivity index (χ1) is 4.33. The Labute approximate surface area is 56.9 Å². The van der Waals surface area contributed by atoms with E-state index in [0.717, 1.165) is 0 Å². The van der Waals surface area contributed by atoms with Crippen LogP contribution in [0.25, 0.3) is 0 Å². The van der Waals surface area contributed by atoms with Crippen molar-refractivity contribution in [3.05, 3.63) is 28.9 Å². The third-order valence-corrected chi connectivity index (χ3v) is 1.51. The van der Waals surface area contributed by atoms with Gasteiger partial charge in [-0.1, -0.05) is 0 Å². The molecule has 0 fully saturated rings. The van der Waals surface area contributed by atoms with E-state index in [4.69, 9.17) is 0 Å².